The Morgan fingerprint density at radius 1 is 1.29 bits per heavy atom. The zero-order valence-electron chi connectivity index (χ0n) is 12.2. The first-order chi connectivity index (χ1) is 10.3. The van der Waals surface area contributed by atoms with E-state index in [9.17, 15) is 4.79 Å². The molecule has 21 heavy (non-hydrogen) atoms. The van der Waals surface area contributed by atoms with Crippen LogP contribution in [0.4, 0.5) is 5.82 Å². The van der Waals surface area contributed by atoms with Crippen LogP contribution >= 0.6 is 0 Å². The number of rotatable bonds is 4. The Morgan fingerprint density at radius 2 is 2.10 bits per heavy atom. The molecule has 1 aromatic rings. The number of aromatic nitrogens is 1. The summed E-state index contributed by atoms with van der Waals surface area (Å²) in [5.74, 6) is 0.814. The van der Waals surface area contributed by atoms with Crippen LogP contribution in [-0.2, 0) is 4.79 Å². The maximum absolute atomic E-state index is 10.8. The van der Waals surface area contributed by atoms with Crippen LogP contribution in [0.25, 0.3) is 6.08 Å². The summed E-state index contributed by atoms with van der Waals surface area (Å²) < 4.78 is 0. The fourth-order valence-electron chi connectivity index (χ4n) is 3.83. The van der Waals surface area contributed by atoms with E-state index in [0.717, 1.165) is 23.8 Å². The minimum absolute atomic E-state index is 0.583. The Labute approximate surface area is 125 Å². The highest BCUT2D eigenvalue weighted by Gasteiger charge is 2.34. The van der Waals surface area contributed by atoms with Gasteiger partial charge in [0.15, 0.2) is 0 Å². The Hall–Kier alpha value is -1.84. The van der Waals surface area contributed by atoms with Gasteiger partial charge in [-0.3, -0.25) is 0 Å². The Bertz CT molecular complexity index is 535. The molecule has 1 aliphatic carbocycles. The van der Waals surface area contributed by atoms with Crippen molar-refractivity contribution in [2.24, 2.45) is 5.92 Å². The standard InChI is InChI=1S/C17H22N2O2/c20-16(21)10-9-14-7-3-11-18-17(14)19-12-4-8-15(19)13-5-1-2-6-13/h3,7,9-11,13,15H,1-2,4-6,8,12H2,(H,20,21)/b10-9+. The second-order valence-corrected chi connectivity index (χ2v) is 6.04. The van der Waals surface area contributed by atoms with Gasteiger partial charge in [-0.05, 0) is 49.8 Å². The van der Waals surface area contributed by atoms with E-state index in [0.29, 0.717) is 6.04 Å². The second-order valence-electron chi connectivity index (χ2n) is 6.04. The maximum Gasteiger partial charge on any atom is 0.328 e. The molecule has 2 fully saturated rings. The van der Waals surface area contributed by atoms with Crippen LogP contribution in [0.1, 0.15) is 44.1 Å². The third-order valence-corrected chi connectivity index (χ3v) is 4.74. The largest absolute Gasteiger partial charge is 0.478 e. The van der Waals surface area contributed by atoms with Crippen molar-refractivity contribution in [2.45, 2.75) is 44.6 Å². The van der Waals surface area contributed by atoms with Crippen LogP contribution in [-0.4, -0.2) is 28.6 Å². The molecular formula is C17H22N2O2. The number of carbonyl (C=O) groups is 1. The molecule has 4 nitrogen and oxygen atoms in total. The van der Waals surface area contributed by atoms with Gasteiger partial charge in [0.1, 0.15) is 5.82 Å². The highest BCUT2D eigenvalue weighted by atomic mass is 16.4. The molecule has 0 aromatic carbocycles. The molecule has 0 bridgehead atoms. The molecule has 3 rings (SSSR count). The van der Waals surface area contributed by atoms with Crippen molar-refractivity contribution in [3.05, 3.63) is 30.0 Å². The van der Waals surface area contributed by atoms with E-state index in [1.54, 1.807) is 12.3 Å². The average Bonchev–Trinajstić information content (AvgIpc) is 3.15. The topological polar surface area (TPSA) is 53.4 Å². The smallest absolute Gasteiger partial charge is 0.328 e. The molecule has 0 amide bonds. The number of hydrogen-bond acceptors (Lipinski definition) is 3. The lowest BCUT2D eigenvalue weighted by Gasteiger charge is -2.31. The molecule has 0 radical (unpaired) electrons. The number of carboxylic acid groups (broad SMARTS) is 1. The number of aliphatic carboxylic acids is 1. The van der Waals surface area contributed by atoms with E-state index in [1.807, 2.05) is 12.1 Å². The Kier molecular flexibility index (Phi) is 4.23. The van der Waals surface area contributed by atoms with Crippen molar-refractivity contribution in [1.29, 1.82) is 0 Å². The van der Waals surface area contributed by atoms with Gasteiger partial charge >= 0.3 is 5.97 Å². The SMILES string of the molecule is O=C(O)/C=C/c1cccnc1N1CCCC1C1CCCC1. The van der Waals surface area contributed by atoms with Gasteiger partial charge in [-0.1, -0.05) is 12.8 Å². The molecule has 4 heteroatoms. The van der Waals surface area contributed by atoms with Crippen LogP contribution in [0.5, 0.6) is 0 Å². The summed E-state index contributed by atoms with van der Waals surface area (Å²) in [6.07, 6.45) is 12.5. The highest BCUT2D eigenvalue weighted by molar-refractivity contribution is 5.86. The van der Waals surface area contributed by atoms with Crippen LogP contribution in [0.15, 0.2) is 24.4 Å². The van der Waals surface area contributed by atoms with Crippen molar-refractivity contribution >= 4 is 17.9 Å². The van der Waals surface area contributed by atoms with Crippen molar-refractivity contribution in [3.63, 3.8) is 0 Å². The zero-order valence-corrected chi connectivity index (χ0v) is 12.2. The van der Waals surface area contributed by atoms with Crippen LogP contribution in [0.3, 0.4) is 0 Å². The normalized spacial score (nSPS) is 23.2. The summed E-state index contributed by atoms with van der Waals surface area (Å²) in [5, 5.41) is 8.83. The molecular weight excluding hydrogens is 264 g/mol. The lowest BCUT2D eigenvalue weighted by atomic mass is 9.96. The zero-order chi connectivity index (χ0) is 14.7. The lowest BCUT2D eigenvalue weighted by Crippen LogP contribution is -2.35. The lowest BCUT2D eigenvalue weighted by molar-refractivity contribution is -0.131. The number of pyridine rings is 1. The van der Waals surface area contributed by atoms with Crippen molar-refractivity contribution in [3.8, 4) is 0 Å². The van der Waals surface area contributed by atoms with Gasteiger partial charge in [0.05, 0.1) is 0 Å². The van der Waals surface area contributed by atoms with E-state index in [-0.39, 0.29) is 0 Å². The highest BCUT2D eigenvalue weighted by Crippen LogP contribution is 2.38. The average molecular weight is 286 g/mol. The fraction of sp³-hybridized carbons (Fsp3) is 0.529. The summed E-state index contributed by atoms with van der Waals surface area (Å²) >= 11 is 0. The monoisotopic (exact) mass is 286 g/mol. The molecule has 1 unspecified atom stereocenters. The molecule has 1 N–H and O–H groups in total. The first kappa shape index (κ1) is 14.1. The predicted molar refractivity (Wildman–Crippen MR) is 83.2 cm³/mol. The van der Waals surface area contributed by atoms with E-state index in [2.05, 4.69) is 9.88 Å². The molecule has 1 saturated heterocycles. The molecule has 0 spiro atoms. The predicted octanol–water partition coefficient (Wildman–Crippen LogP) is 3.34. The molecule has 2 heterocycles. The van der Waals surface area contributed by atoms with Crippen LogP contribution < -0.4 is 4.90 Å². The van der Waals surface area contributed by atoms with Gasteiger partial charge in [0, 0.05) is 30.4 Å². The molecule has 2 aliphatic rings. The van der Waals surface area contributed by atoms with E-state index >= 15 is 0 Å². The van der Waals surface area contributed by atoms with Gasteiger partial charge in [-0.15, -0.1) is 0 Å². The fourth-order valence-corrected chi connectivity index (χ4v) is 3.83. The third kappa shape index (κ3) is 3.09. The summed E-state index contributed by atoms with van der Waals surface area (Å²) in [6.45, 7) is 1.03. The molecule has 1 atom stereocenters. The van der Waals surface area contributed by atoms with Crippen molar-refractivity contribution in [2.75, 3.05) is 11.4 Å². The minimum Gasteiger partial charge on any atom is -0.478 e. The number of carboxylic acids is 1. The number of hydrogen-bond donors (Lipinski definition) is 1. The molecule has 1 saturated carbocycles. The number of nitrogens with zero attached hydrogens (tertiary/aromatic N) is 2. The Balaban J connectivity index is 1.86. The van der Waals surface area contributed by atoms with Crippen molar-refractivity contribution in [1.82, 2.24) is 4.98 Å². The van der Waals surface area contributed by atoms with E-state index in [4.69, 9.17) is 5.11 Å². The van der Waals surface area contributed by atoms with Gasteiger partial charge < -0.3 is 10.0 Å². The minimum atomic E-state index is -0.918. The summed E-state index contributed by atoms with van der Waals surface area (Å²) in [5.41, 5.74) is 0.907. The van der Waals surface area contributed by atoms with Gasteiger partial charge in [-0.25, -0.2) is 9.78 Å². The first-order valence-electron chi connectivity index (χ1n) is 7.88. The molecule has 1 aromatic heterocycles. The van der Waals surface area contributed by atoms with Crippen molar-refractivity contribution < 1.29 is 9.90 Å². The number of anilines is 1. The maximum atomic E-state index is 10.8. The summed E-state index contributed by atoms with van der Waals surface area (Å²) in [6, 6.07) is 4.40. The summed E-state index contributed by atoms with van der Waals surface area (Å²) in [7, 11) is 0. The third-order valence-electron chi connectivity index (χ3n) is 4.74. The Morgan fingerprint density at radius 3 is 2.86 bits per heavy atom. The van der Waals surface area contributed by atoms with Gasteiger partial charge in [-0.2, -0.15) is 0 Å². The van der Waals surface area contributed by atoms with E-state index in [1.165, 1.54) is 44.6 Å². The van der Waals surface area contributed by atoms with Gasteiger partial charge in [0.2, 0.25) is 0 Å². The first-order valence-corrected chi connectivity index (χ1v) is 7.88. The van der Waals surface area contributed by atoms with Crippen LogP contribution in [0.2, 0.25) is 0 Å². The van der Waals surface area contributed by atoms with Gasteiger partial charge in [0.25, 0.3) is 0 Å². The second kappa shape index (κ2) is 6.29. The quantitative estimate of drug-likeness (QED) is 0.863. The van der Waals surface area contributed by atoms with E-state index < -0.39 is 5.97 Å². The molecule has 1 aliphatic heterocycles. The summed E-state index contributed by atoms with van der Waals surface area (Å²) in [4.78, 5) is 17.7. The molecule has 112 valence electrons. The van der Waals surface area contributed by atoms with Crippen LogP contribution in [0, 0.1) is 5.92 Å².